The van der Waals surface area contributed by atoms with Crippen LogP contribution in [-0.2, 0) is 6.54 Å². The van der Waals surface area contributed by atoms with Crippen LogP contribution in [0.25, 0.3) is 11.4 Å². The molecule has 1 aromatic heterocycles. The van der Waals surface area contributed by atoms with Crippen molar-refractivity contribution in [3.05, 3.63) is 70.7 Å². The molecular formula is C30H31F3N6O2. The van der Waals surface area contributed by atoms with Crippen LogP contribution in [0, 0.1) is 17.5 Å². The molecule has 0 spiro atoms. The SMILES string of the molecule is CCN1C(=O)c2nc(-c3ccc(F)c(C(=O)N4CCCCC4)c3)n(Cc3ccc(F)cc3F)c2N2CC(C)(C)N=C12. The first-order valence-corrected chi connectivity index (χ1v) is 13.9. The predicted molar refractivity (Wildman–Crippen MR) is 148 cm³/mol. The van der Waals surface area contributed by atoms with Gasteiger partial charge in [0, 0.05) is 36.8 Å². The highest BCUT2D eigenvalue weighted by Gasteiger charge is 2.46. The molecule has 0 atom stereocenters. The number of hydrogen-bond donors (Lipinski definition) is 0. The van der Waals surface area contributed by atoms with E-state index in [1.807, 2.05) is 25.7 Å². The van der Waals surface area contributed by atoms with Crippen molar-refractivity contribution in [3.63, 3.8) is 0 Å². The molecule has 3 aromatic rings. The third-order valence-electron chi connectivity index (χ3n) is 7.83. The molecule has 0 unspecified atom stereocenters. The number of aromatic nitrogens is 2. The smallest absolute Gasteiger partial charge is 0.283 e. The van der Waals surface area contributed by atoms with E-state index in [0.717, 1.165) is 25.3 Å². The van der Waals surface area contributed by atoms with Gasteiger partial charge in [-0.1, -0.05) is 6.07 Å². The van der Waals surface area contributed by atoms with Crippen LogP contribution < -0.4 is 4.90 Å². The van der Waals surface area contributed by atoms with E-state index in [9.17, 15) is 18.4 Å². The molecule has 3 aliphatic rings. The summed E-state index contributed by atoms with van der Waals surface area (Å²) in [4.78, 5) is 41.6. The van der Waals surface area contributed by atoms with Crippen LogP contribution in [0.1, 0.15) is 66.4 Å². The Labute approximate surface area is 236 Å². The lowest BCUT2D eigenvalue weighted by Gasteiger charge is -2.34. The number of carbonyl (C=O) groups is 2. The number of guanidine groups is 1. The Balaban J connectivity index is 1.53. The van der Waals surface area contributed by atoms with Gasteiger partial charge in [0.1, 0.15) is 29.1 Å². The minimum absolute atomic E-state index is 0.0832. The minimum Gasteiger partial charge on any atom is -0.339 e. The summed E-state index contributed by atoms with van der Waals surface area (Å²) in [6.45, 7) is 7.60. The fourth-order valence-electron chi connectivity index (χ4n) is 5.85. The summed E-state index contributed by atoms with van der Waals surface area (Å²) < 4.78 is 45.4. The average molecular weight is 565 g/mol. The summed E-state index contributed by atoms with van der Waals surface area (Å²) in [6, 6.07) is 7.49. The van der Waals surface area contributed by atoms with Crippen LogP contribution in [0.2, 0.25) is 0 Å². The minimum atomic E-state index is -0.744. The molecule has 2 aromatic carbocycles. The molecule has 0 saturated carbocycles. The second-order valence-electron chi connectivity index (χ2n) is 11.3. The number of benzene rings is 2. The Hall–Kier alpha value is -4.15. The molecule has 11 heteroatoms. The molecule has 1 saturated heterocycles. The predicted octanol–water partition coefficient (Wildman–Crippen LogP) is 5.07. The summed E-state index contributed by atoms with van der Waals surface area (Å²) in [7, 11) is 0. The van der Waals surface area contributed by atoms with Gasteiger partial charge in [0.05, 0.1) is 24.2 Å². The Bertz CT molecular complexity index is 1590. The highest BCUT2D eigenvalue weighted by Crippen LogP contribution is 2.39. The van der Waals surface area contributed by atoms with Crippen LogP contribution in [0.3, 0.4) is 0 Å². The molecule has 0 bridgehead atoms. The standard InChI is InChI=1S/C30H31F3N6O2/c1-4-37-28(41)24-26(39-17-30(2,3)35-29(37)39)38(16-19-8-10-20(31)15-23(19)33)25(34-24)18-9-11-22(32)21(14-18)27(40)36-12-6-5-7-13-36/h8-11,14-15H,4-7,12-13,16-17H2,1-3H3. The van der Waals surface area contributed by atoms with Crippen LogP contribution in [0.5, 0.6) is 0 Å². The van der Waals surface area contributed by atoms with Gasteiger partial charge in [-0.15, -0.1) is 0 Å². The van der Waals surface area contributed by atoms with E-state index >= 15 is 4.39 Å². The number of anilines is 1. The number of fused-ring (bicyclic) bond motifs is 3. The number of nitrogens with zero attached hydrogens (tertiary/aromatic N) is 6. The van der Waals surface area contributed by atoms with E-state index in [0.29, 0.717) is 43.5 Å². The van der Waals surface area contributed by atoms with Gasteiger partial charge >= 0.3 is 0 Å². The number of aliphatic imine (C=N–C) groups is 1. The maximum Gasteiger partial charge on any atom is 0.283 e. The zero-order valence-corrected chi connectivity index (χ0v) is 23.3. The van der Waals surface area contributed by atoms with Crippen molar-refractivity contribution in [3.8, 4) is 11.4 Å². The fourth-order valence-corrected chi connectivity index (χ4v) is 5.85. The lowest BCUT2D eigenvalue weighted by molar-refractivity contribution is 0.0719. The van der Waals surface area contributed by atoms with Crippen molar-refractivity contribution in [2.75, 3.05) is 31.1 Å². The van der Waals surface area contributed by atoms with E-state index in [2.05, 4.69) is 0 Å². The van der Waals surface area contributed by atoms with Gasteiger partial charge in [-0.3, -0.25) is 19.4 Å². The molecule has 2 amide bonds. The van der Waals surface area contributed by atoms with Gasteiger partial charge in [0.2, 0.25) is 5.96 Å². The molecule has 41 heavy (non-hydrogen) atoms. The third kappa shape index (κ3) is 4.66. The first-order valence-electron chi connectivity index (χ1n) is 13.9. The van der Waals surface area contributed by atoms with Crippen molar-refractivity contribution in [2.24, 2.45) is 4.99 Å². The number of imidazole rings is 1. The summed E-state index contributed by atoms with van der Waals surface area (Å²) in [5.41, 5.74) is 0.133. The van der Waals surface area contributed by atoms with E-state index < -0.39 is 28.9 Å². The second-order valence-corrected chi connectivity index (χ2v) is 11.3. The van der Waals surface area contributed by atoms with Crippen molar-refractivity contribution in [2.45, 2.75) is 52.1 Å². The van der Waals surface area contributed by atoms with Crippen LogP contribution in [0.15, 0.2) is 41.4 Å². The van der Waals surface area contributed by atoms with Gasteiger partial charge in [-0.2, -0.15) is 0 Å². The molecule has 0 aliphatic carbocycles. The maximum atomic E-state index is 15.0. The third-order valence-corrected chi connectivity index (χ3v) is 7.83. The number of likely N-dealkylation sites (tertiary alicyclic amines) is 1. The van der Waals surface area contributed by atoms with Crippen molar-refractivity contribution in [1.82, 2.24) is 19.4 Å². The van der Waals surface area contributed by atoms with E-state index in [-0.39, 0.29) is 35.1 Å². The molecule has 1 fully saturated rings. The highest BCUT2D eigenvalue weighted by atomic mass is 19.1. The van der Waals surface area contributed by atoms with Crippen LogP contribution >= 0.6 is 0 Å². The van der Waals surface area contributed by atoms with Gasteiger partial charge < -0.3 is 9.47 Å². The van der Waals surface area contributed by atoms with Crippen molar-refractivity contribution in [1.29, 1.82) is 0 Å². The average Bonchev–Trinajstić information content (AvgIpc) is 3.48. The van der Waals surface area contributed by atoms with E-state index in [1.165, 1.54) is 30.3 Å². The molecule has 6 rings (SSSR count). The molecular weight excluding hydrogens is 533 g/mol. The Morgan fingerprint density at radius 3 is 2.46 bits per heavy atom. The number of carbonyl (C=O) groups excluding carboxylic acids is 2. The zero-order chi connectivity index (χ0) is 29.1. The topological polar surface area (TPSA) is 74.0 Å². The maximum absolute atomic E-state index is 15.0. The number of piperidine rings is 1. The Morgan fingerprint density at radius 1 is 1.00 bits per heavy atom. The van der Waals surface area contributed by atoms with E-state index in [4.69, 9.17) is 9.98 Å². The van der Waals surface area contributed by atoms with Crippen molar-refractivity contribution >= 4 is 23.6 Å². The van der Waals surface area contributed by atoms with Crippen molar-refractivity contribution < 1.29 is 22.8 Å². The Kier molecular flexibility index (Phi) is 6.62. The van der Waals surface area contributed by atoms with Crippen LogP contribution in [0.4, 0.5) is 19.0 Å². The largest absolute Gasteiger partial charge is 0.339 e. The van der Waals surface area contributed by atoms with Gasteiger partial charge in [0.25, 0.3) is 11.8 Å². The van der Waals surface area contributed by atoms with E-state index in [1.54, 1.807) is 14.4 Å². The fraction of sp³-hybridized carbons (Fsp3) is 0.400. The molecule has 0 N–H and O–H groups in total. The number of hydrogen-bond acceptors (Lipinski definition) is 5. The molecule has 3 aliphatic heterocycles. The summed E-state index contributed by atoms with van der Waals surface area (Å²) >= 11 is 0. The summed E-state index contributed by atoms with van der Waals surface area (Å²) in [6.07, 6.45) is 2.75. The van der Waals surface area contributed by atoms with Crippen LogP contribution in [-0.4, -0.2) is 68.8 Å². The normalized spacial score (nSPS) is 18.0. The molecule has 214 valence electrons. The quantitative estimate of drug-likeness (QED) is 0.434. The highest BCUT2D eigenvalue weighted by molar-refractivity contribution is 6.18. The molecule has 0 radical (unpaired) electrons. The summed E-state index contributed by atoms with van der Waals surface area (Å²) in [5, 5.41) is 0. The number of amides is 2. The van der Waals surface area contributed by atoms with Gasteiger partial charge in [-0.05, 0) is 64.3 Å². The number of halogens is 3. The second kappa shape index (κ2) is 10.0. The first kappa shape index (κ1) is 27.0. The summed E-state index contributed by atoms with van der Waals surface area (Å²) in [5.74, 6) is -1.70. The van der Waals surface area contributed by atoms with Gasteiger partial charge in [-0.25, -0.2) is 23.1 Å². The zero-order valence-electron chi connectivity index (χ0n) is 23.3. The van der Waals surface area contributed by atoms with Gasteiger partial charge in [0.15, 0.2) is 5.69 Å². The lowest BCUT2D eigenvalue weighted by Crippen LogP contribution is -2.51. The lowest BCUT2D eigenvalue weighted by atomic mass is 10.1. The number of rotatable bonds is 5. The monoisotopic (exact) mass is 564 g/mol. The molecule has 8 nitrogen and oxygen atoms in total. The molecule has 4 heterocycles. The first-order chi connectivity index (χ1) is 19.6. The Morgan fingerprint density at radius 2 is 1.76 bits per heavy atom.